The maximum atomic E-state index is 3.61. The third-order valence-electron chi connectivity index (χ3n) is 3.82. The third kappa shape index (κ3) is 3.54. The number of likely N-dealkylation sites (N-methyl/N-ethyl adjacent to an activating group) is 1. The van der Waals surface area contributed by atoms with Gasteiger partial charge in [0.25, 0.3) is 0 Å². The van der Waals surface area contributed by atoms with E-state index in [0.717, 1.165) is 19.1 Å². The van der Waals surface area contributed by atoms with Gasteiger partial charge in [0, 0.05) is 28.9 Å². The molecule has 1 unspecified atom stereocenters. The van der Waals surface area contributed by atoms with Crippen LogP contribution in [0.15, 0.2) is 6.07 Å². The van der Waals surface area contributed by atoms with E-state index in [-0.39, 0.29) is 0 Å². The smallest absolute Gasteiger partial charge is 0.0300 e. The Morgan fingerprint density at radius 1 is 1.41 bits per heavy atom. The average Bonchev–Trinajstić information content (AvgIpc) is 2.61. The normalized spacial score (nSPS) is 21.9. The zero-order valence-electron chi connectivity index (χ0n) is 11.3. The molecule has 2 heterocycles. The Morgan fingerprint density at radius 3 is 2.88 bits per heavy atom. The molecule has 1 N–H and O–H groups in total. The Balaban J connectivity index is 1.75. The van der Waals surface area contributed by atoms with Gasteiger partial charge in [-0.2, -0.15) is 0 Å². The van der Waals surface area contributed by atoms with Crippen molar-refractivity contribution in [2.75, 3.05) is 20.1 Å². The fourth-order valence-corrected chi connectivity index (χ4v) is 3.52. The molecule has 0 amide bonds. The summed E-state index contributed by atoms with van der Waals surface area (Å²) in [5, 5.41) is 3.61. The van der Waals surface area contributed by atoms with Crippen LogP contribution in [0.5, 0.6) is 0 Å². The molecule has 3 heteroatoms. The van der Waals surface area contributed by atoms with E-state index in [1.54, 1.807) is 0 Å². The van der Waals surface area contributed by atoms with Crippen LogP contribution in [-0.4, -0.2) is 31.1 Å². The molecular weight excluding hydrogens is 228 g/mol. The van der Waals surface area contributed by atoms with E-state index >= 15 is 0 Å². The zero-order valence-corrected chi connectivity index (χ0v) is 12.1. The van der Waals surface area contributed by atoms with Crippen molar-refractivity contribution in [1.29, 1.82) is 0 Å². The Bertz CT molecular complexity index is 340. The topological polar surface area (TPSA) is 15.3 Å². The first-order chi connectivity index (χ1) is 8.16. The van der Waals surface area contributed by atoms with Gasteiger partial charge in [0.2, 0.25) is 0 Å². The Morgan fingerprint density at radius 2 is 2.24 bits per heavy atom. The predicted molar refractivity (Wildman–Crippen MR) is 75.8 cm³/mol. The fourth-order valence-electron chi connectivity index (χ4n) is 2.50. The van der Waals surface area contributed by atoms with Gasteiger partial charge in [0.05, 0.1) is 0 Å². The Kier molecular flexibility index (Phi) is 4.60. The highest BCUT2D eigenvalue weighted by Gasteiger charge is 2.17. The average molecular weight is 252 g/mol. The molecule has 2 rings (SSSR count). The van der Waals surface area contributed by atoms with Crippen molar-refractivity contribution in [2.45, 2.75) is 45.7 Å². The summed E-state index contributed by atoms with van der Waals surface area (Å²) in [6, 6.07) is 3.06. The number of thiophene rings is 1. The van der Waals surface area contributed by atoms with Crippen molar-refractivity contribution < 1.29 is 0 Å². The van der Waals surface area contributed by atoms with Crippen LogP contribution in [0.3, 0.4) is 0 Å². The highest BCUT2D eigenvalue weighted by Crippen LogP contribution is 2.20. The molecule has 1 aliphatic heterocycles. The Labute approximate surface area is 109 Å². The minimum atomic E-state index is 0.742. The van der Waals surface area contributed by atoms with Crippen LogP contribution in [0.25, 0.3) is 0 Å². The standard InChI is InChI=1S/C14H24N2S/c1-11-8-14(17-12(11)2)10-15-9-13-6-4-5-7-16(13)3/h8,13,15H,4-7,9-10H2,1-3H3. The quantitative estimate of drug-likeness (QED) is 0.886. The number of aryl methyl sites for hydroxylation is 2. The fraction of sp³-hybridized carbons (Fsp3) is 0.714. The number of hydrogen-bond acceptors (Lipinski definition) is 3. The second-order valence-electron chi connectivity index (χ2n) is 5.21. The summed E-state index contributed by atoms with van der Waals surface area (Å²) in [5.74, 6) is 0. The molecule has 0 aromatic carbocycles. The summed E-state index contributed by atoms with van der Waals surface area (Å²) in [4.78, 5) is 5.43. The minimum Gasteiger partial charge on any atom is -0.310 e. The van der Waals surface area contributed by atoms with Crippen molar-refractivity contribution in [1.82, 2.24) is 10.2 Å². The van der Waals surface area contributed by atoms with E-state index in [9.17, 15) is 0 Å². The van der Waals surface area contributed by atoms with Gasteiger partial charge in [-0.3, -0.25) is 0 Å². The first-order valence-electron chi connectivity index (χ1n) is 6.63. The van der Waals surface area contributed by atoms with Crippen molar-refractivity contribution in [2.24, 2.45) is 0 Å². The molecule has 1 aromatic heterocycles. The van der Waals surface area contributed by atoms with Crippen LogP contribution in [0.4, 0.5) is 0 Å². The molecule has 1 aliphatic rings. The largest absolute Gasteiger partial charge is 0.310 e. The van der Waals surface area contributed by atoms with E-state index < -0.39 is 0 Å². The molecule has 96 valence electrons. The minimum absolute atomic E-state index is 0.742. The van der Waals surface area contributed by atoms with Crippen molar-refractivity contribution >= 4 is 11.3 Å². The lowest BCUT2D eigenvalue weighted by Gasteiger charge is -2.32. The number of piperidine rings is 1. The number of rotatable bonds is 4. The molecule has 17 heavy (non-hydrogen) atoms. The van der Waals surface area contributed by atoms with Crippen LogP contribution >= 0.6 is 11.3 Å². The van der Waals surface area contributed by atoms with E-state index in [1.807, 2.05) is 11.3 Å². The third-order valence-corrected chi connectivity index (χ3v) is 4.97. The molecule has 0 aliphatic carbocycles. The molecule has 1 fully saturated rings. The van der Waals surface area contributed by atoms with Gasteiger partial charge in [-0.25, -0.2) is 0 Å². The molecule has 0 radical (unpaired) electrons. The first-order valence-corrected chi connectivity index (χ1v) is 7.45. The van der Waals surface area contributed by atoms with Gasteiger partial charge in [0.15, 0.2) is 0 Å². The van der Waals surface area contributed by atoms with Crippen LogP contribution in [0.1, 0.15) is 34.6 Å². The molecule has 2 nitrogen and oxygen atoms in total. The summed E-state index contributed by atoms with van der Waals surface area (Å²) in [7, 11) is 2.25. The zero-order chi connectivity index (χ0) is 12.3. The summed E-state index contributed by atoms with van der Waals surface area (Å²) in [6.07, 6.45) is 4.12. The molecule has 0 spiro atoms. The van der Waals surface area contributed by atoms with E-state index in [1.165, 1.54) is 41.1 Å². The van der Waals surface area contributed by atoms with Gasteiger partial charge in [-0.15, -0.1) is 11.3 Å². The molecule has 1 atom stereocenters. The monoisotopic (exact) mass is 252 g/mol. The van der Waals surface area contributed by atoms with Crippen molar-refractivity contribution in [3.8, 4) is 0 Å². The van der Waals surface area contributed by atoms with Crippen LogP contribution in [0, 0.1) is 13.8 Å². The maximum Gasteiger partial charge on any atom is 0.0300 e. The van der Waals surface area contributed by atoms with Crippen LogP contribution in [0.2, 0.25) is 0 Å². The lowest BCUT2D eigenvalue weighted by atomic mass is 10.0. The van der Waals surface area contributed by atoms with E-state index in [2.05, 4.69) is 37.2 Å². The van der Waals surface area contributed by atoms with Crippen molar-refractivity contribution in [3.63, 3.8) is 0 Å². The Hall–Kier alpha value is -0.380. The van der Waals surface area contributed by atoms with Crippen LogP contribution < -0.4 is 5.32 Å². The van der Waals surface area contributed by atoms with Crippen molar-refractivity contribution in [3.05, 3.63) is 21.4 Å². The number of likely N-dealkylation sites (tertiary alicyclic amines) is 1. The summed E-state index contributed by atoms with van der Waals surface area (Å²) in [6.45, 7) is 7.84. The highest BCUT2D eigenvalue weighted by atomic mass is 32.1. The van der Waals surface area contributed by atoms with Gasteiger partial charge in [-0.1, -0.05) is 6.42 Å². The van der Waals surface area contributed by atoms with Gasteiger partial charge in [0.1, 0.15) is 0 Å². The highest BCUT2D eigenvalue weighted by molar-refractivity contribution is 7.12. The molecule has 0 saturated carbocycles. The van der Waals surface area contributed by atoms with Gasteiger partial charge >= 0.3 is 0 Å². The maximum absolute atomic E-state index is 3.61. The van der Waals surface area contributed by atoms with E-state index in [0.29, 0.717) is 0 Å². The summed E-state index contributed by atoms with van der Waals surface area (Å²) >= 11 is 1.93. The van der Waals surface area contributed by atoms with E-state index in [4.69, 9.17) is 0 Å². The number of nitrogens with one attached hydrogen (secondary N) is 1. The molecular formula is C14H24N2S. The molecule has 1 saturated heterocycles. The first kappa shape index (κ1) is 13.1. The SMILES string of the molecule is Cc1cc(CNCC2CCCCN2C)sc1C. The second kappa shape index (κ2) is 5.98. The number of hydrogen-bond donors (Lipinski definition) is 1. The molecule has 1 aromatic rings. The van der Waals surface area contributed by atoms with Gasteiger partial charge < -0.3 is 10.2 Å². The molecule has 0 bridgehead atoms. The summed E-state index contributed by atoms with van der Waals surface area (Å²) < 4.78 is 0. The summed E-state index contributed by atoms with van der Waals surface area (Å²) in [5.41, 5.74) is 1.43. The lowest BCUT2D eigenvalue weighted by molar-refractivity contribution is 0.181. The van der Waals surface area contributed by atoms with Crippen LogP contribution in [-0.2, 0) is 6.54 Å². The lowest BCUT2D eigenvalue weighted by Crippen LogP contribution is -2.42. The predicted octanol–water partition coefficient (Wildman–Crippen LogP) is 2.94. The van der Waals surface area contributed by atoms with Gasteiger partial charge in [-0.05, 0) is 51.9 Å². The number of nitrogens with zero attached hydrogens (tertiary/aromatic N) is 1. The second-order valence-corrected chi connectivity index (χ2v) is 6.55.